The predicted octanol–water partition coefficient (Wildman–Crippen LogP) is 0.748. The monoisotopic (exact) mass is 309 g/mol. The van der Waals surface area contributed by atoms with E-state index in [1.807, 2.05) is 31.2 Å². The molecule has 2 aromatic rings. The van der Waals surface area contributed by atoms with Crippen molar-refractivity contribution < 1.29 is 8.42 Å². The van der Waals surface area contributed by atoms with Gasteiger partial charge in [-0.3, -0.25) is 0 Å². The number of aromatic nitrogens is 4. The molecule has 0 amide bonds. The van der Waals surface area contributed by atoms with Gasteiger partial charge >= 0.3 is 0 Å². The summed E-state index contributed by atoms with van der Waals surface area (Å²) in [7, 11) is -2.93. The van der Waals surface area contributed by atoms with E-state index in [9.17, 15) is 8.42 Å². The van der Waals surface area contributed by atoms with Crippen molar-refractivity contribution in [3.63, 3.8) is 0 Å². The van der Waals surface area contributed by atoms with Crippen LogP contribution in [0.15, 0.2) is 30.6 Å². The van der Waals surface area contributed by atoms with Crippen molar-refractivity contribution in [1.29, 1.82) is 0 Å². The van der Waals surface area contributed by atoms with Gasteiger partial charge in [0.15, 0.2) is 9.84 Å². The minimum atomic E-state index is -2.93. The van der Waals surface area contributed by atoms with Gasteiger partial charge in [-0.1, -0.05) is 19.1 Å². The van der Waals surface area contributed by atoms with Gasteiger partial charge < -0.3 is 5.32 Å². The number of benzene rings is 1. The third-order valence-electron chi connectivity index (χ3n) is 3.29. The molecule has 0 spiro atoms. The highest BCUT2D eigenvalue weighted by Gasteiger charge is 2.10. The normalized spacial score (nSPS) is 13.2. The molecule has 0 saturated heterocycles. The quantitative estimate of drug-likeness (QED) is 0.811. The Morgan fingerprint density at radius 1 is 1.38 bits per heavy atom. The first-order valence-electron chi connectivity index (χ1n) is 6.79. The number of nitrogens with zero attached hydrogens (tertiary/aromatic N) is 4. The second-order valence-electron chi connectivity index (χ2n) is 4.76. The van der Waals surface area contributed by atoms with Crippen LogP contribution < -0.4 is 5.32 Å². The maximum absolute atomic E-state index is 11.5. The lowest BCUT2D eigenvalue weighted by Gasteiger charge is -2.15. The van der Waals surface area contributed by atoms with Gasteiger partial charge in [0.1, 0.15) is 6.33 Å². The third-order valence-corrected chi connectivity index (χ3v) is 4.99. The Bertz CT molecular complexity index is 670. The summed E-state index contributed by atoms with van der Waals surface area (Å²) < 4.78 is 24.5. The first-order valence-corrected chi connectivity index (χ1v) is 8.61. The van der Waals surface area contributed by atoms with Crippen molar-refractivity contribution in [2.75, 3.05) is 18.1 Å². The Morgan fingerprint density at radius 3 is 2.86 bits per heavy atom. The van der Waals surface area contributed by atoms with E-state index >= 15 is 0 Å². The molecule has 1 aromatic carbocycles. The molecule has 114 valence electrons. The highest BCUT2D eigenvalue weighted by molar-refractivity contribution is 7.91. The van der Waals surface area contributed by atoms with Crippen molar-refractivity contribution in [1.82, 2.24) is 25.5 Å². The molecule has 0 radical (unpaired) electrons. The van der Waals surface area contributed by atoms with Crippen LogP contribution in [-0.2, 0) is 9.84 Å². The van der Waals surface area contributed by atoms with Gasteiger partial charge in [0.2, 0.25) is 0 Å². The molecule has 8 heteroatoms. The zero-order valence-corrected chi connectivity index (χ0v) is 12.9. The van der Waals surface area contributed by atoms with Crippen molar-refractivity contribution in [2.45, 2.75) is 19.9 Å². The molecule has 0 aliphatic heterocycles. The van der Waals surface area contributed by atoms with Crippen LogP contribution in [-0.4, -0.2) is 46.7 Å². The first-order chi connectivity index (χ1) is 10.0. The van der Waals surface area contributed by atoms with Gasteiger partial charge in [0.05, 0.1) is 11.4 Å². The fourth-order valence-corrected chi connectivity index (χ4v) is 2.63. The Hall–Kier alpha value is -1.80. The second-order valence-corrected chi connectivity index (χ2v) is 7.23. The standard InChI is InChI=1S/C13H19N5O2S/c1-3-21(19,20)8-7-14-11(2)12-5-4-6-13(9-12)18-10-15-16-17-18/h4-6,9-11,14H,3,7-8H2,1-2H3. The Labute approximate surface area is 124 Å². The molecule has 7 nitrogen and oxygen atoms in total. The molecule has 0 aliphatic carbocycles. The maximum atomic E-state index is 11.5. The van der Waals surface area contributed by atoms with E-state index in [0.29, 0.717) is 6.54 Å². The van der Waals surface area contributed by atoms with Crippen LogP contribution in [0, 0.1) is 0 Å². The zero-order chi connectivity index (χ0) is 15.3. The molecule has 1 atom stereocenters. The third kappa shape index (κ3) is 4.33. The fourth-order valence-electron chi connectivity index (χ4n) is 1.91. The van der Waals surface area contributed by atoms with Crippen molar-refractivity contribution in [3.8, 4) is 5.69 Å². The van der Waals surface area contributed by atoms with E-state index in [1.54, 1.807) is 11.6 Å². The van der Waals surface area contributed by atoms with Crippen molar-refractivity contribution in [3.05, 3.63) is 36.2 Å². The average molecular weight is 309 g/mol. The molecule has 1 heterocycles. The number of nitrogens with one attached hydrogen (secondary N) is 1. The maximum Gasteiger partial charge on any atom is 0.151 e. The topological polar surface area (TPSA) is 89.8 Å². The Kier molecular flexibility index (Phi) is 5.03. The van der Waals surface area contributed by atoms with Crippen LogP contribution in [0.25, 0.3) is 5.69 Å². The smallest absolute Gasteiger partial charge is 0.151 e. The molecular weight excluding hydrogens is 290 g/mol. The van der Waals surface area contributed by atoms with Gasteiger partial charge in [0.25, 0.3) is 0 Å². The van der Waals surface area contributed by atoms with E-state index in [0.717, 1.165) is 11.3 Å². The highest BCUT2D eigenvalue weighted by atomic mass is 32.2. The lowest BCUT2D eigenvalue weighted by Crippen LogP contribution is -2.26. The predicted molar refractivity (Wildman–Crippen MR) is 79.9 cm³/mol. The fraction of sp³-hybridized carbons (Fsp3) is 0.462. The molecule has 0 aliphatic rings. The summed E-state index contributed by atoms with van der Waals surface area (Å²) in [4.78, 5) is 0. The molecule has 1 unspecified atom stereocenters. The van der Waals surface area contributed by atoms with Gasteiger partial charge in [-0.25, -0.2) is 13.1 Å². The van der Waals surface area contributed by atoms with Crippen LogP contribution >= 0.6 is 0 Å². The molecule has 21 heavy (non-hydrogen) atoms. The second kappa shape index (κ2) is 6.77. The zero-order valence-electron chi connectivity index (χ0n) is 12.1. The molecule has 2 rings (SSSR count). The molecule has 1 N–H and O–H groups in total. The number of rotatable bonds is 7. The summed E-state index contributed by atoms with van der Waals surface area (Å²) >= 11 is 0. The van der Waals surface area contributed by atoms with E-state index in [2.05, 4.69) is 20.8 Å². The number of hydrogen-bond donors (Lipinski definition) is 1. The van der Waals surface area contributed by atoms with Crippen molar-refractivity contribution >= 4 is 9.84 Å². The minimum Gasteiger partial charge on any atom is -0.309 e. The van der Waals surface area contributed by atoms with E-state index in [4.69, 9.17) is 0 Å². The van der Waals surface area contributed by atoms with Crippen LogP contribution in [0.5, 0.6) is 0 Å². The summed E-state index contributed by atoms with van der Waals surface area (Å²) in [6, 6.07) is 7.84. The molecule has 0 saturated carbocycles. The summed E-state index contributed by atoms with van der Waals surface area (Å²) in [6.07, 6.45) is 1.53. The number of hydrogen-bond acceptors (Lipinski definition) is 6. The molecule has 1 aromatic heterocycles. The molecule has 0 bridgehead atoms. The minimum absolute atomic E-state index is 0.0495. The summed E-state index contributed by atoms with van der Waals surface area (Å²) in [6.45, 7) is 4.10. The van der Waals surface area contributed by atoms with Crippen molar-refractivity contribution in [2.24, 2.45) is 0 Å². The van der Waals surface area contributed by atoms with Gasteiger partial charge in [-0.05, 0) is 35.0 Å². The summed E-state index contributed by atoms with van der Waals surface area (Å²) in [5.41, 5.74) is 1.92. The number of tetrazole rings is 1. The average Bonchev–Trinajstić information content (AvgIpc) is 3.01. The van der Waals surface area contributed by atoms with Crippen LogP contribution in [0.2, 0.25) is 0 Å². The number of sulfone groups is 1. The Morgan fingerprint density at radius 2 is 2.19 bits per heavy atom. The SMILES string of the molecule is CCS(=O)(=O)CCNC(C)c1cccc(-n2cnnn2)c1. The van der Waals surface area contributed by atoms with Gasteiger partial charge in [0, 0.05) is 18.3 Å². The van der Waals surface area contributed by atoms with Gasteiger partial charge in [-0.15, -0.1) is 5.10 Å². The lowest BCUT2D eigenvalue weighted by atomic mass is 10.1. The van der Waals surface area contributed by atoms with Crippen LogP contribution in [0.3, 0.4) is 0 Å². The van der Waals surface area contributed by atoms with Crippen LogP contribution in [0.1, 0.15) is 25.5 Å². The molecule has 0 fully saturated rings. The van der Waals surface area contributed by atoms with E-state index in [-0.39, 0.29) is 17.5 Å². The van der Waals surface area contributed by atoms with E-state index < -0.39 is 9.84 Å². The van der Waals surface area contributed by atoms with Crippen LogP contribution in [0.4, 0.5) is 0 Å². The van der Waals surface area contributed by atoms with E-state index in [1.165, 1.54) is 6.33 Å². The molecular formula is C13H19N5O2S. The van der Waals surface area contributed by atoms with Gasteiger partial charge in [-0.2, -0.15) is 0 Å². The summed E-state index contributed by atoms with van der Waals surface area (Å²) in [5, 5.41) is 14.3. The highest BCUT2D eigenvalue weighted by Crippen LogP contribution is 2.15. The summed E-state index contributed by atoms with van der Waals surface area (Å²) in [5.74, 6) is 0.332. The largest absolute Gasteiger partial charge is 0.309 e. The Balaban J connectivity index is 2.00. The first kappa shape index (κ1) is 15.6. The lowest BCUT2D eigenvalue weighted by molar-refractivity contribution is 0.572.